The molecular formula is C14H12ClFN2O. The van der Waals surface area contributed by atoms with Crippen LogP contribution in [0.2, 0.25) is 5.02 Å². The van der Waals surface area contributed by atoms with Gasteiger partial charge in [0.05, 0.1) is 10.7 Å². The first kappa shape index (κ1) is 13.6. The Morgan fingerprint density at radius 2 is 2.11 bits per heavy atom. The summed E-state index contributed by atoms with van der Waals surface area (Å²) in [5, 5.41) is 0.0468. The molecule has 1 heterocycles. The number of halogens is 2. The molecule has 0 aliphatic carbocycles. The number of Topliss-reactive ketones (excluding diaryl/α,β-unsaturated/α-hetero) is 1. The lowest BCUT2D eigenvalue weighted by atomic mass is 10.0. The van der Waals surface area contributed by atoms with Crippen molar-refractivity contribution in [2.45, 2.75) is 13.0 Å². The van der Waals surface area contributed by atoms with E-state index in [2.05, 4.69) is 4.98 Å². The second-order valence-electron chi connectivity index (χ2n) is 4.09. The van der Waals surface area contributed by atoms with Crippen molar-refractivity contribution in [1.82, 2.24) is 4.98 Å². The molecule has 98 valence electrons. The Labute approximate surface area is 115 Å². The number of rotatable bonds is 4. The zero-order valence-corrected chi connectivity index (χ0v) is 10.8. The fourth-order valence-corrected chi connectivity index (χ4v) is 1.82. The van der Waals surface area contributed by atoms with E-state index in [1.54, 1.807) is 18.2 Å². The highest BCUT2D eigenvalue weighted by Crippen LogP contribution is 2.17. The molecule has 19 heavy (non-hydrogen) atoms. The van der Waals surface area contributed by atoms with Crippen molar-refractivity contribution in [2.75, 3.05) is 0 Å². The van der Waals surface area contributed by atoms with E-state index in [0.717, 1.165) is 0 Å². The predicted molar refractivity (Wildman–Crippen MR) is 71.6 cm³/mol. The van der Waals surface area contributed by atoms with Crippen molar-refractivity contribution < 1.29 is 9.18 Å². The lowest BCUT2D eigenvalue weighted by Gasteiger charge is -2.04. The molecule has 0 saturated carbocycles. The minimum atomic E-state index is -0.524. The zero-order valence-electron chi connectivity index (χ0n) is 10.1. The van der Waals surface area contributed by atoms with Crippen molar-refractivity contribution in [3.8, 4) is 0 Å². The number of carbonyl (C=O) groups excluding carboxylic acids is 1. The smallest absolute Gasteiger partial charge is 0.167 e. The highest BCUT2D eigenvalue weighted by molar-refractivity contribution is 6.30. The number of benzene rings is 1. The molecule has 2 N–H and O–H groups in total. The number of pyridine rings is 1. The van der Waals surface area contributed by atoms with Crippen molar-refractivity contribution >= 4 is 17.4 Å². The van der Waals surface area contributed by atoms with Gasteiger partial charge in [-0.2, -0.15) is 0 Å². The molecule has 0 bridgehead atoms. The number of hydrogen-bond donors (Lipinski definition) is 1. The number of aromatic nitrogens is 1. The van der Waals surface area contributed by atoms with E-state index in [-0.39, 0.29) is 23.8 Å². The number of ketones is 1. The first-order chi connectivity index (χ1) is 9.10. The Bertz CT molecular complexity index is 616. The summed E-state index contributed by atoms with van der Waals surface area (Å²) in [4.78, 5) is 16.1. The third-order valence-corrected chi connectivity index (χ3v) is 3.00. The average Bonchev–Trinajstić information content (AvgIpc) is 2.43. The molecule has 0 fully saturated rings. The minimum absolute atomic E-state index is 0.0468. The maximum absolute atomic E-state index is 13.3. The topological polar surface area (TPSA) is 56.0 Å². The fraction of sp³-hybridized carbons (Fsp3) is 0.143. The molecule has 5 heteroatoms. The quantitative estimate of drug-likeness (QED) is 0.875. The van der Waals surface area contributed by atoms with Crippen LogP contribution in [0.1, 0.15) is 21.6 Å². The highest BCUT2D eigenvalue weighted by Gasteiger charge is 2.09. The van der Waals surface area contributed by atoms with Crippen LogP contribution >= 0.6 is 11.6 Å². The van der Waals surface area contributed by atoms with Gasteiger partial charge in [-0.3, -0.25) is 9.78 Å². The molecule has 2 rings (SSSR count). The van der Waals surface area contributed by atoms with Crippen molar-refractivity contribution in [1.29, 1.82) is 0 Å². The van der Waals surface area contributed by atoms with Crippen LogP contribution in [0, 0.1) is 5.82 Å². The van der Waals surface area contributed by atoms with Gasteiger partial charge in [0.15, 0.2) is 5.78 Å². The average molecular weight is 279 g/mol. The van der Waals surface area contributed by atoms with Crippen LogP contribution in [0.3, 0.4) is 0 Å². The van der Waals surface area contributed by atoms with Crippen LogP contribution in [0.25, 0.3) is 0 Å². The number of nitrogens with two attached hydrogens (primary N) is 1. The molecule has 0 atom stereocenters. The van der Waals surface area contributed by atoms with Crippen molar-refractivity contribution in [3.63, 3.8) is 0 Å². The predicted octanol–water partition coefficient (Wildman–Crippen LogP) is 2.76. The molecule has 0 spiro atoms. The number of hydrogen-bond acceptors (Lipinski definition) is 3. The number of nitrogens with zero attached hydrogens (tertiary/aromatic N) is 1. The van der Waals surface area contributed by atoms with E-state index in [9.17, 15) is 9.18 Å². The summed E-state index contributed by atoms with van der Waals surface area (Å²) in [5.41, 5.74) is 7.22. The van der Waals surface area contributed by atoms with E-state index in [0.29, 0.717) is 16.8 Å². The van der Waals surface area contributed by atoms with Crippen LogP contribution in [0.15, 0.2) is 36.5 Å². The first-order valence-corrected chi connectivity index (χ1v) is 6.10. The van der Waals surface area contributed by atoms with Gasteiger partial charge in [0.25, 0.3) is 0 Å². The Morgan fingerprint density at radius 3 is 2.79 bits per heavy atom. The van der Waals surface area contributed by atoms with Crippen LogP contribution in [0.4, 0.5) is 4.39 Å². The van der Waals surface area contributed by atoms with Gasteiger partial charge in [-0.15, -0.1) is 0 Å². The van der Waals surface area contributed by atoms with Gasteiger partial charge in [0, 0.05) is 24.7 Å². The molecule has 3 nitrogen and oxygen atoms in total. The molecular weight excluding hydrogens is 267 g/mol. The Morgan fingerprint density at radius 1 is 1.32 bits per heavy atom. The standard InChI is InChI=1S/C14H12ClFN2O/c15-12-2-1-9(5-13(12)16)6-14(19)10-3-4-18-11(7-10)8-17/h1-5,7H,6,8,17H2. The Kier molecular flexibility index (Phi) is 4.24. The van der Waals surface area contributed by atoms with E-state index in [1.807, 2.05) is 0 Å². The van der Waals surface area contributed by atoms with E-state index >= 15 is 0 Å². The molecule has 0 unspecified atom stereocenters. The zero-order chi connectivity index (χ0) is 13.8. The van der Waals surface area contributed by atoms with Crippen LogP contribution in [-0.2, 0) is 13.0 Å². The monoisotopic (exact) mass is 278 g/mol. The molecule has 1 aromatic carbocycles. The summed E-state index contributed by atoms with van der Waals surface area (Å²) in [7, 11) is 0. The van der Waals surface area contributed by atoms with E-state index in [1.165, 1.54) is 18.3 Å². The second kappa shape index (κ2) is 5.91. The minimum Gasteiger partial charge on any atom is -0.325 e. The van der Waals surface area contributed by atoms with Crippen LogP contribution in [-0.4, -0.2) is 10.8 Å². The first-order valence-electron chi connectivity index (χ1n) is 5.72. The van der Waals surface area contributed by atoms with Crippen LogP contribution in [0.5, 0.6) is 0 Å². The lowest BCUT2D eigenvalue weighted by Crippen LogP contribution is -2.07. The summed E-state index contributed by atoms with van der Waals surface area (Å²) in [5.74, 6) is -0.636. The SMILES string of the molecule is NCc1cc(C(=O)Cc2ccc(Cl)c(F)c2)ccn1. The molecule has 2 aromatic rings. The van der Waals surface area contributed by atoms with Gasteiger partial charge in [-0.1, -0.05) is 17.7 Å². The summed E-state index contributed by atoms with van der Waals surface area (Å²) in [6.07, 6.45) is 1.65. The van der Waals surface area contributed by atoms with Crippen molar-refractivity contribution in [2.24, 2.45) is 5.73 Å². The van der Waals surface area contributed by atoms with Gasteiger partial charge < -0.3 is 5.73 Å². The van der Waals surface area contributed by atoms with Crippen molar-refractivity contribution in [3.05, 3.63) is 64.2 Å². The Balaban J connectivity index is 2.18. The summed E-state index contributed by atoms with van der Waals surface area (Å²) in [6.45, 7) is 0.274. The van der Waals surface area contributed by atoms with Gasteiger partial charge in [-0.05, 0) is 29.8 Å². The molecule has 0 aliphatic heterocycles. The normalized spacial score (nSPS) is 10.5. The van der Waals surface area contributed by atoms with Crippen LogP contribution < -0.4 is 5.73 Å². The number of carbonyl (C=O) groups is 1. The van der Waals surface area contributed by atoms with Gasteiger partial charge in [0.2, 0.25) is 0 Å². The van der Waals surface area contributed by atoms with Gasteiger partial charge >= 0.3 is 0 Å². The lowest BCUT2D eigenvalue weighted by molar-refractivity contribution is 0.0992. The second-order valence-corrected chi connectivity index (χ2v) is 4.50. The van der Waals surface area contributed by atoms with Gasteiger partial charge in [-0.25, -0.2) is 4.39 Å². The summed E-state index contributed by atoms with van der Waals surface area (Å²) >= 11 is 5.59. The molecule has 0 radical (unpaired) electrons. The molecule has 0 aliphatic rings. The molecule has 1 aromatic heterocycles. The highest BCUT2D eigenvalue weighted by atomic mass is 35.5. The maximum atomic E-state index is 13.3. The fourth-order valence-electron chi connectivity index (χ4n) is 1.70. The maximum Gasteiger partial charge on any atom is 0.167 e. The summed E-state index contributed by atoms with van der Waals surface area (Å²) in [6, 6.07) is 7.61. The molecule has 0 saturated heterocycles. The van der Waals surface area contributed by atoms with E-state index in [4.69, 9.17) is 17.3 Å². The van der Waals surface area contributed by atoms with E-state index < -0.39 is 5.82 Å². The summed E-state index contributed by atoms with van der Waals surface area (Å²) < 4.78 is 13.3. The largest absolute Gasteiger partial charge is 0.325 e. The third kappa shape index (κ3) is 3.36. The molecule has 0 amide bonds. The third-order valence-electron chi connectivity index (χ3n) is 2.70. The Hall–Kier alpha value is -1.78. The van der Waals surface area contributed by atoms with Gasteiger partial charge in [0.1, 0.15) is 5.82 Å².